The van der Waals surface area contributed by atoms with E-state index in [0.29, 0.717) is 0 Å². The average Bonchev–Trinajstić information content (AvgIpc) is 2.68. The number of ether oxygens (including phenoxy) is 3. The molecule has 9 nitrogen and oxygen atoms in total. The number of hydrogen-bond donors (Lipinski definition) is 6. The highest BCUT2D eigenvalue weighted by Crippen LogP contribution is 2.29. The van der Waals surface area contributed by atoms with Gasteiger partial charge in [0.05, 0.1) is 19.8 Å². The van der Waals surface area contributed by atoms with E-state index in [1.807, 2.05) is 0 Å². The fourth-order valence-electron chi connectivity index (χ4n) is 2.04. The summed E-state index contributed by atoms with van der Waals surface area (Å²) < 4.78 is 14.9. The van der Waals surface area contributed by atoms with Crippen molar-refractivity contribution in [3.8, 4) is 0 Å². The van der Waals surface area contributed by atoms with Gasteiger partial charge in [-0.2, -0.15) is 0 Å². The molecule has 0 saturated carbocycles. The predicted molar refractivity (Wildman–Crippen MR) is 56.6 cm³/mol. The third-order valence-corrected chi connectivity index (χ3v) is 3.30. The van der Waals surface area contributed by atoms with Gasteiger partial charge in [-0.05, 0) is 0 Å². The highest BCUT2D eigenvalue weighted by Gasteiger charge is 2.52. The quantitative estimate of drug-likeness (QED) is 0.303. The molecule has 0 aromatic heterocycles. The van der Waals surface area contributed by atoms with E-state index in [1.165, 1.54) is 0 Å². The molecule has 0 radical (unpaired) electrons. The summed E-state index contributed by atoms with van der Waals surface area (Å²) in [4.78, 5) is 0. The van der Waals surface area contributed by atoms with Crippen LogP contribution in [0.2, 0.25) is 0 Å². The van der Waals surface area contributed by atoms with E-state index in [-0.39, 0.29) is 13.2 Å². The second kappa shape index (κ2) is 5.56. The molecule has 0 amide bonds. The molecule has 0 aliphatic carbocycles. The Morgan fingerprint density at radius 2 is 1.79 bits per heavy atom. The molecule has 2 saturated heterocycles. The molecule has 0 bridgehead atoms. The summed E-state index contributed by atoms with van der Waals surface area (Å²) >= 11 is 0. The highest BCUT2D eigenvalue weighted by molar-refractivity contribution is 4.95. The van der Waals surface area contributed by atoms with Gasteiger partial charge in [-0.3, -0.25) is 0 Å². The lowest BCUT2D eigenvalue weighted by atomic mass is 10.00. The van der Waals surface area contributed by atoms with Crippen LogP contribution >= 0.6 is 0 Å². The maximum atomic E-state index is 9.96. The fourth-order valence-corrected chi connectivity index (χ4v) is 2.04. The minimum atomic E-state index is -1.83. The van der Waals surface area contributed by atoms with Gasteiger partial charge < -0.3 is 44.8 Å². The molecule has 0 aromatic rings. The Bertz CT molecular complexity index is 313. The number of aliphatic hydroxyl groups excluding tert-OH is 5. The lowest BCUT2D eigenvalue weighted by Crippen LogP contribution is -2.58. The van der Waals surface area contributed by atoms with E-state index >= 15 is 0 Å². The van der Waals surface area contributed by atoms with E-state index in [2.05, 4.69) is 0 Å². The summed E-state index contributed by atoms with van der Waals surface area (Å²) in [5.74, 6) is 0. The van der Waals surface area contributed by atoms with Crippen molar-refractivity contribution in [2.75, 3.05) is 19.8 Å². The standard InChI is InChI=1S/C10H18O9/c11-2-10(16)3-18-8(15)7(10)19-9-6(14)5(13)4(12)1-17-9/h4-9,11-16H,1-3H2/t4-,5-,6+,7-,8+,9-,10+/m0/s1. The molecule has 9 heteroatoms. The van der Waals surface area contributed by atoms with Crippen molar-refractivity contribution in [2.45, 2.75) is 42.6 Å². The molecule has 0 unspecified atom stereocenters. The van der Waals surface area contributed by atoms with E-state index < -0.39 is 49.2 Å². The number of rotatable bonds is 3. The third-order valence-electron chi connectivity index (χ3n) is 3.30. The van der Waals surface area contributed by atoms with Gasteiger partial charge in [-0.1, -0.05) is 0 Å². The lowest BCUT2D eigenvalue weighted by molar-refractivity contribution is -0.308. The zero-order chi connectivity index (χ0) is 14.2. The van der Waals surface area contributed by atoms with Crippen molar-refractivity contribution in [3.63, 3.8) is 0 Å². The summed E-state index contributed by atoms with van der Waals surface area (Å²) in [6.45, 7) is -1.34. The molecule has 2 rings (SSSR count). The van der Waals surface area contributed by atoms with E-state index in [9.17, 15) is 25.5 Å². The lowest BCUT2D eigenvalue weighted by Gasteiger charge is -2.38. The summed E-state index contributed by atoms with van der Waals surface area (Å²) in [6.07, 6.45) is -8.49. The van der Waals surface area contributed by atoms with Crippen molar-refractivity contribution in [3.05, 3.63) is 0 Å². The van der Waals surface area contributed by atoms with Gasteiger partial charge in [0.1, 0.15) is 30.0 Å². The molecule has 2 fully saturated rings. The first-order valence-electron chi connectivity index (χ1n) is 5.83. The Morgan fingerprint density at radius 3 is 2.42 bits per heavy atom. The van der Waals surface area contributed by atoms with Gasteiger partial charge in [0, 0.05) is 0 Å². The fraction of sp³-hybridized carbons (Fsp3) is 1.00. The maximum Gasteiger partial charge on any atom is 0.186 e. The van der Waals surface area contributed by atoms with Gasteiger partial charge in [0.15, 0.2) is 12.6 Å². The number of hydrogen-bond acceptors (Lipinski definition) is 9. The van der Waals surface area contributed by atoms with Crippen molar-refractivity contribution in [1.29, 1.82) is 0 Å². The molecule has 19 heavy (non-hydrogen) atoms. The topological polar surface area (TPSA) is 149 Å². The SMILES string of the molecule is OC[C@@]1(O)CO[C@@H](O)[C@@H]1O[C@@H]1OC[C@H](O)[C@H](O)[C@H]1O. The van der Waals surface area contributed by atoms with Crippen LogP contribution < -0.4 is 0 Å². The Kier molecular flexibility index (Phi) is 4.40. The zero-order valence-electron chi connectivity index (χ0n) is 9.99. The Balaban J connectivity index is 2.04. The van der Waals surface area contributed by atoms with Gasteiger partial charge in [-0.15, -0.1) is 0 Å². The molecular weight excluding hydrogens is 264 g/mol. The van der Waals surface area contributed by atoms with Crippen LogP contribution in [0.25, 0.3) is 0 Å². The molecule has 2 aliphatic heterocycles. The number of aliphatic hydroxyl groups is 6. The molecule has 0 spiro atoms. The van der Waals surface area contributed by atoms with Crippen LogP contribution in [0.5, 0.6) is 0 Å². The second-order valence-electron chi connectivity index (χ2n) is 4.77. The minimum absolute atomic E-state index is 0.274. The van der Waals surface area contributed by atoms with Crippen LogP contribution in [-0.2, 0) is 14.2 Å². The summed E-state index contributed by atoms with van der Waals surface area (Å²) in [5.41, 5.74) is -1.83. The smallest absolute Gasteiger partial charge is 0.186 e. The Labute approximate surface area is 108 Å². The molecule has 6 N–H and O–H groups in total. The molecule has 112 valence electrons. The van der Waals surface area contributed by atoms with Crippen LogP contribution in [0, 0.1) is 0 Å². The van der Waals surface area contributed by atoms with E-state index in [1.54, 1.807) is 0 Å². The van der Waals surface area contributed by atoms with Crippen molar-refractivity contribution < 1.29 is 44.8 Å². The second-order valence-corrected chi connectivity index (χ2v) is 4.77. The van der Waals surface area contributed by atoms with Crippen molar-refractivity contribution in [1.82, 2.24) is 0 Å². The van der Waals surface area contributed by atoms with E-state index in [0.717, 1.165) is 0 Å². The van der Waals surface area contributed by atoms with Crippen molar-refractivity contribution in [2.24, 2.45) is 0 Å². The van der Waals surface area contributed by atoms with Crippen LogP contribution in [0.4, 0.5) is 0 Å². The van der Waals surface area contributed by atoms with Gasteiger partial charge in [0.25, 0.3) is 0 Å². The molecule has 7 atom stereocenters. The monoisotopic (exact) mass is 282 g/mol. The van der Waals surface area contributed by atoms with Crippen molar-refractivity contribution >= 4 is 0 Å². The molecule has 2 heterocycles. The predicted octanol–water partition coefficient (Wildman–Crippen LogP) is -4.12. The Morgan fingerprint density at radius 1 is 1.11 bits per heavy atom. The molecular formula is C10H18O9. The third kappa shape index (κ3) is 2.75. The molecule has 2 aliphatic rings. The first kappa shape index (κ1) is 15.0. The van der Waals surface area contributed by atoms with Crippen LogP contribution in [0.15, 0.2) is 0 Å². The van der Waals surface area contributed by atoms with Crippen LogP contribution in [-0.4, -0.2) is 93.1 Å². The summed E-state index contributed by atoms with van der Waals surface area (Å²) in [7, 11) is 0. The zero-order valence-corrected chi connectivity index (χ0v) is 9.99. The average molecular weight is 282 g/mol. The first-order valence-corrected chi connectivity index (χ1v) is 5.83. The largest absolute Gasteiger partial charge is 0.393 e. The van der Waals surface area contributed by atoms with Gasteiger partial charge in [-0.25, -0.2) is 0 Å². The van der Waals surface area contributed by atoms with Gasteiger partial charge >= 0.3 is 0 Å². The normalized spacial score (nSPS) is 51.5. The first-order chi connectivity index (χ1) is 8.89. The summed E-state index contributed by atoms with van der Waals surface area (Å²) in [5, 5.41) is 57.0. The van der Waals surface area contributed by atoms with Crippen LogP contribution in [0.3, 0.4) is 0 Å². The summed E-state index contributed by atoms with van der Waals surface area (Å²) in [6, 6.07) is 0. The van der Waals surface area contributed by atoms with E-state index in [4.69, 9.17) is 19.3 Å². The highest BCUT2D eigenvalue weighted by atomic mass is 16.7. The minimum Gasteiger partial charge on any atom is -0.393 e. The van der Waals surface area contributed by atoms with Gasteiger partial charge in [0.2, 0.25) is 0 Å². The van der Waals surface area contributed by atoms with Crippen LogP contribution in [0.1, 0.15) is 0 Å². The maximum absolute atomic E-state index is 9.96. The molecule has 0 aromatic carbocycles. The Hall–Kier alpha value is -0.360.